The summed E-state index contributed by atoms with van der Waals surface area (Å²) in [6.07, 6.45) is 0. The Balaban J connectivity index is 1.90. The molecule has 6 nitrogen and oxygen atoms in total. The van der Waals surface area contributed by atoms with E-state index >= 15 is 0 Å². The summed E-state index contributed by atoms with van der Waals surface area (Å²) in [5, 5.41) is 17.8. The molecule has 1 aromatic rings. The van der Waals surface area contributed by atoms with Crippen LogP contribution in [0.4, 0.5) is 0 Å². The van der Waals surface area contributed by atoms with Crippen molar-refractivity contribution in [3.05, 3.63) is 23.2 Å². The summed E-state index contributed by atoms with van der Waals surface area (Å²) < 4.78 is 5.21. The van der Waals surface area contributed by atoms with Crippen molar-refractivity contribution in [1.82, 2.24) is 9.80 Å². The summed E-state index contributed by atoms with van der Waals surface area (Å²) in [6.45, 7) is 7.15. The number of piperazine rings is 1. The number of aliphatic hydroxyl groups excluding tert-OH is 1. The van der Waals surface area contributed by atoms with Crippen molar-refractivity contribution >= 4 is 5.97 Å². The number of carboxylic acids is 1. The first kappa shape index (κ1) is 14.0. The van der Waals surface area contributed by atoms with Gasteiger partial charge in [-0.05, 0) is 13.0 Å². The van der Waals surface area contributed by atoms with Gasteiger partial charge in [0.25, 0.3) is 0 Å². The van der Waals surface area contributed by atoms with Crippen LogP contribution < -0.4 is 0 Å². The Morgan fingerprint density at radius 1 is 1.32 bits per heavy atom. The topological polar surface area (TPSA) is 77.2 Å². The van der Waals surface area contributed by atoms with Crippen molar-refractivity contribution in [2.45, 2.75) is 13.5 Å². The van der Waals surface area contributed by atoms with Gasteiger partial charge in [0.2, 0.25) is 5.76 Å². The highest BCUT2D eigenvalue weighted by atomic mass is 16.4. The van der Waals surface area contributed by atoms with Gasteiger partial charge in [-0.2, -0.15) is 0 Å². The van der Waals surface area contributed by atoms with E-state index in [9.17, 15) is 4.79 Å². The van der Waals surface area contributed by atoms with E-state index < -0.39 is 5.97 Å². The van der Waals surface area contributed by atoms with Crippen LogP contribution in [-0.2, 0) is 6.54 Å². The molecule has 0 spiro atoms. The molecule has 6 heteroatoms. The van der Waals surface area contributed by atoms with Crippen molar-refractivity contribution in [2.75, 3.05) is 39.3 Å². The molecular weight excluding hydrogens is 248 g/mol. The lowest BCUT2D eigenvalue weighted by Crippen LogP contribution is -2.46. The molecule has 0 amide bonds. The Kier molecular flexibility index (Phi) is 4.57. The molecule has 1 aliphatic rings. The number of rotatable bonds is 5. The summed E-state index contributed by atoms with van der Waals surface area (Å²) in [6, 6.07) is 1.61. The van der Waals surface area contributed by atoms with E-state index in [0.717, 1.165) is 44.8 Å². The smallest absolute Gasteiger partial charge is 0.371 e. The Hall–Kier alpha value is -1.37. The maximum atomic E-state index is 10.8. The number of nitrogens with zero attached hydrogens (tertiary/aromatic N) is 2. The first-order valence-corrected chi connectivity index (χ1v) is 6.48. The number of aryl methyl sites for hydroxylation is 1. The average Bonchev–Trinajstić information content (AvgIpc) is 2.74. The number of β-amino-alcohol motifs (C(OH)–C–C–N with tert-alkyl or cyclic N) is 1. The zero-order valence-electron chi connectivity index (χ0n) is 11.1. The second-order valence-corrected chi connectivity index (χ2v) is 4.84. The van der Waals surface area contributed by atoms with Gasteiger partial charge in [-0.25, -0.2) is 4.79 Å². The van der Waals surface area contributed by atoms with E-state index in [1.807, 2.05) is 0 Å². The van der Waals surface area contributed by atoms with Crippen LogP contribution in [-0.4, -0.2) is 65.3 Å². The maximum absolute atomic E-state index is 10.8. The minimum Gasteiger partial charge on any atom is -0.475 e. The van der Waals surface area contributed by atoms with Crippen LogP contribution in [0.2, 0.25) is 0 Å². The largest absolute Gasteiger partial charge is 0.475 e. The van der Waals surface area contributed by atoms with Gasteiger partial charge in [-0.3, -0.25) is 9.80 Å². The second kappa shape index (κ2) is 6.18. The standard InChI is InChI=1S/C13H20N2O4/c1-10-11(8-12(19-10)13(17)18)9-15-4-2-14(3-5-15)6-7-16/h8,16H,2-7,9H2,1H3,(H,17,18). The van der Waals surface area contributed by atoms with Crippen LogP contribution >= 0.6 is 0 Å². The molecule has 19 heavy (non-hydrogen) atoms. The predicted molar refractivity (Wildman–Crippen MR) is 69.2 cm³/mol. The van der Waals surface area contributed by atoms with Gasteiger partial charge in [-0.15, -0.1) is 0 Å². The summed E-state index contributed by atoms with van der Waals surface area (Å²) >= 11 is 0. The first-order valence-electron chi connectivity index (χ1n) is 6.48. The number of carbonyl (C=O) groups is 1. The summed E-state index contributed by atoms with van der Waals surface area (Å²) in [5.74, 6) is -0.344. The minimum absolute atomic E-state index is 0.00594. The van der Waals surface area contributed by atoms with Crippen molar-refractivity contribution in [1.29, 1.82) is 0 Å². The molecule has 106 valence electrons. The third kappa shape index (κ3) is 3.56. The zero-order valence-corrected chi connectivity index (χ0v) is 11.1. The Morgan fingerprint density at radius 3 is 2.47 bits per heavy atom. The van der Waals surface area contributed by atoms with E-state index in [0.29, 0.717) is 5.76 Å². The van der Waals surface area contributed by atoms with Crippen molar-refractivity contribution in [3.63, 3.8) is 0 Å². The van der Waals surface area contributed by atoms with Gasteiger partial charge in [0.05, 0.1) is 6.61 Å². The molecule has 2 heterocycles. The van der Waals surface area contributed by atoms with Crippen molar-refractivity contribution in [3.8, 4) is 0 Å². The zero-order chi connectivity index (χ0) is 13.8. The molecule has 0 saturated carbocycles. The van der Waals surface area contributed by atoms with Crippen LogP contribution in [0.1, 0.15) is 21.9 Å². The molecule has 1 saturated heterocycles. The lowest BCUT2D eigenvalue weighted by molar-refractivity contribution is 0.0661. The molecule has 0 atom stereocenters. The molecular formula is C13H20N2O4. The maximum Gasteiger partial charge on any atom is 0.371 e. The van der Waals surface area contributed by atoms with Crippen molar-refractivity contribution in [2.24, 2.45) is 0 Å². The summed E-state index contributed by atoms with van der Waals surface area (Å²) in [5.41, 5.74) is 0.938. The highest BCUT2D eigenvalue weighted by Crippen LogP contribution is 2.17. The molecule has 1 aromatic heterocycles. The highest BCUT2D eigenvalue weighted by Gasteiger charge is 2.19. The minimum atomic E-state index is -1.03. The lowest BCUT2D eigenvalue weighted by atomic mass is 10.2. The van der Waals surface area contributed by atoms with Gasteiger partial charge < -0.3 is 14.6 Å². The first-order chi connectivity index (χ1) is 9.10. The second-order valence-electron chi connectivity index (χ2n) is 4.84. The van der Waals surface area contributed by atoms with Crippen LogP contribution in [0, 0.1) is 6.92 Å². The molecule has 2 N–H and O–H groups in total. The van der Waals surface area contributed by atoms with Gasteiger partial charge in [0, 0.05) is 44.8 Å². The number of hydrogen-bond acceptors (Lipinski definition) is 5. The van der Waals surface area contributed by atoms with Gasteiger partial charge in [0.1, 0.15) is 5.76 Å². The average molecular weight is 268 g/mol. The molecule has 0 aliphatic carbocycles. The van der Waals surface area contributed by atoms with Crippen LogP contribution in [0.25, 0.3) is 0 Å². The Bertz CT molecular complexity index is 436. The number of aliphatic hydroxyl groups is 1. The van der Waals surface area contributed by atoms with Crippen LogP contribution in [0.5, 0.6) is 0 Å². The van der Waals surface area contributed by atoms with E-state index in [1.165, 1.54) is 0 Å². The highest BCUT2D eigenvalue weighted by molar-refractivity contribution is 5.84. The Morgan fingerprint density at radius 2 is 1.95 bits per heavy atom. The number of furan rings is 1. The van der Waals surface area contributed by atoms with Crippen LogP contribution in [0.3, 0.4) is 0 Å². The number of aromatic carboxylic acids is 1. The fourth-order valence-corrected chi connectivity index (χ4v) is 2.34. The normalized spacial score (nSPS) is 17.8. The number of hydrogen-bond donors (Lipinski definition) is 2. The quantitative estimate of drug-likeness (QED) is 0.805. The van der Waals surface area contributed by atoms with Gasteiger partial charge >= 0.3 is 5.97 Å². The predicted octanol–water partition coefficient (Wildman–Crippen LogP) is 0.396. The lowest BCUT2D eigenvalue weighted by Gasteiger charge is -2.34. The van der Waals surface area contributed by atoms with E-state index in [1.54, 1.807) is 13.0 Å². The summed E-state index contributed by atoms with van der Waals surface area (Å²) in [7, 11) is 0. The molecule has 2 rings (SSSR count). The van der Waals surface area contributed by atoms with Crippen LogP contribution in [0.15, 0.2) is 10.5 Å². The molecule has 1 aliphatic heterocycles. The summed E-state index contributed by atoms with van der Waals surface area (Å²) in [4.78, 5) is 15.3. The molecule has 0 bridgehead atoms. The van der Waals surface area contributed by atoms with E-state index in [-0.39, 0.29) is 12.4 Å². The van der Waals surface area contributed by atoms with Gasteiger partial charge in [0.15, 0.2) is 0 Å². The van der Waals surface area contributed by atoms with E-state index in [4.69, 9.17) is 14.6 Å². The number of carboxylic acid groups (broad SMARTS) is 1. The monoisotopic (exact) mass is 268 g/mol. The van der Waals surface area contributed by atoms with E-state index in [2.05, 4.69) is 9.80 Å². The third-order valence-electron chi connectivity index (χ3n) is 3.51. The molecule has 0 radical (unpaired) electrons. The Labute approximate surface area is 112 Å². The SMILES string of the molecule is Cc1oc(C(=O)O)cc1CN1CCN(CCO)CC1. The third-order valence-corrected chi connectivity index (χ3v) is 3.51. The van der Waals surface area contributed by atoms with Crippen molar-refractivity contribution < 1.29 is 19.4 Å². The molecule has 0 aromatic carbocycles. The molecule has 0 unspecified atom stereocenters. The van der Waals surface area contributed by atoms with Gasteiger partial charge in [-0.1, -0.05) is 0 Å². The fourth-order valence-electron chi connectivity index (χ4n) is 2.34. The molecule has 1 fully saturated rings. The fraction of sp³-hybridized carbons (Fsp3) is 0.615.